The van der Waals surface area contributed by atoms with Crippen molar-refractivity contribution in [3.63, 3.8) is 0 Å². The average Bonchev–Trinajstić information content (AvgIpc) is 3.55. The SMILES string of the molecule is COCCN(C)C.O=Cc1ccc(Oc2cccc3c2CCC3Oc2ccc(-c3cc(=O)[nH]s3)cc2)cc1. The zero-order valence-corrected chi connectivity index (χ0v) is 22.6. The van der Waals surface area contributed by atoms with E-state index in [2.05, 4.69) is 15.3 Å². The van der Waals surface area contributed by atoms with Crippen molar-refractivity contribution in [1.29, 1.82) is 0 Å². The minimum atomic E-state index is -0.0828. The van der Waals surface area contributed by atoms with Gasteiger partial charge in [-0.05, 0) is 92.7 Å². The van der Waals surface area contributed by atoms with Crippen LogP contribution < -0.4 is 15.0 Å². The molecule has 0 fully saturated rings. The van der Waals surface area contributed by atoms with Crippen LogP contribution in [0.25, 0.3) is 10.4 Å². The van der Waals surface area contributed by atoms with E-state index in [9.17, 15) is 9.59 Å². The van der Waals surface area contributed by atoms with Gasteiger partial charge in [0.2, 0.25) is 0 Å². The summed E-state index contributed by atoms with van der Waals surface area (Å²) >= 11 is 1.33. The quantitative estimate of drug-likeness (QED) is 0.268. The van der Waals surface area contributed by atoms with Gasteiger partial charge in [0.15, 0.2) is 0 Å². The molecule has 8 heteroatoms. The molecule has 1 N–H and O–H groups in total. The van der Waals surface area contributed by atoms with Gasteiger partial charge >= 0.3 is 0 Å². The Morgan fingerprint density at radius 3 is 2.37 bits per heavy atom. The van der Waals surface area contributed by atoms with Crippen molar-refractivity contribution in [2.24, 2.45) is 0 Å². The highest BCUT2D eigenvalue weighted by atomic mass is 32.1. The molecule has 0 bridgehead atoms. The molecule has 1 unspecified atom stereocenters. The number of fused-ring (bicyclic) bond motifs is 1. The fourth-order valence-electron chi connectivity index (χ4n) is 4.10. The number of hydrogen-bond acceptors (Lipinski definition) is 7. The van der Waals surface area contributed by atoms with Gasteiger partial charge in [-0.2, -0.15) is 0 Å². The minimum absolute atomic E-state index is 0.0369. The number of hydrogen-bond donors (Lipinski definition) is 1. The maximum atomic E-state index is 11.4. The summed E-state index contributed by atoms with van der Waals surface area (Å²) in [5.74, 6) is 2.31. The highest BCUT2D eigenvalue weighted by Crippen LogP contribution is 2.41. The fraction of sp³-hybridized carbons (Fsp3) is 0.267. The van der Waals surface area contributed by atoms with Crippen LogP contribution in [0, 0.1) is 0 Å². The number of ether oxygens (including phenoxy) is 3. The molecule has 0 spiro atoms. The topological polar surface area (TPSA) is 80.9 Å². The van der Waals surface area contributed by atoms with E-state index in [4.69, 9.17) is 14.2 Å². The van der Waals surface area contributed by atoms with Crippen molar-refractivity contribution < 1.29 is 19.0 Å². The molecule has 0 radical (unpaired) electrons. The summed E-state index contributed by atoms with van der Waals surface area (Å²) in [5, 5.41) is 0. The van der Waals surface area contributed by atoms with E-state index >= 15 is 0 Å². The Morgan fingerprint density at radius 2 is 1.76 bits per heavy atom. The number of aldehydes is 1. The third-order valence-electron chi connectivity index (χ3n) is 6.10. The van der Waals surface area contributed by atoms with Crippen LogP contribution in [-0.2, 0) is 11.2 Å². The van der Waals surface area contributed by atoms with Gasteiger partial charge in [-0.15, -0.1) is 0 Å². The molecule has 0 amide bonds. The normalized spacial score (nSPS) is 13.9. The van der Waals surface area contributed by atoms with Gasteiger partial charge in [0.25, 0.3) is 5.56 Å². The van der Waals surface area contributed by atoms with Crippen molar-refractivity contribution >= 4 is 17.8 Å². The first kappa shape index (κ1) is 27.3. The number of carbonyl (C=O) groups is 1. The number of likely N-dealkylation sites (N-methyl/N-ethyl adjacent to an activating group) is 1. The number of nitrogens with one attached hydrogen (secondary N) is 1. The zero-order chi connectivity index (χ0) is 26.9. The summed E-state index contributed by atoms with van der Waals surface area (Å²) in [7, 11) is 5.77. The summed E-state index contributed by atoms with van der Waals surface area (Å²) in [6, 6.07) is 22.5. The fourth-order valence-corrected chi connectivity index (χ4v) is 4.79. The molecule has 1 aliphatic rings. The van der Waals surface area contributed by atoms with Crippen molar-refractivity contribution in [2.75, 3.05) is 34.4 Å². The molecule has 0 saturated carbocycles. The van der Waals surface area contributed by atoms with Crippen LogP contribution in [0.3, 0.4) is 0 Å². The largest absolute Gasteiger partial charge is 0.486 e. The van der Waals surface area contributed by atoms with Crippen LogP contribution in [-0.4, -0.2) is 49.9 Å². The van der Waals surface area contributed by atoms with E-state index < -0.39 is 0 Å². The molecular weight excluding hydrogens is 500 g/mol. The maximum absolute atomic E-state index is 11.4. The first-order valence-corrected chi connectivity index (χ1v) is 13.2. The van der Waals surface area contributed by atoms with Crippen LogP contribution in [0.1, 0.15) is 34.0 Å². The summed E-state index contributed by atoms with van der Waals surface area (Å²) in [5.41, 5.74) is 3.81. The predicted octanol–water partition coefficient (Wildman–Crippen LogP) is 5.97. The predicted molar refractivity (Wildman–Crippen MR) is 151 cm³/mol. The molecule has 1 aromatic heterocycles. The highest BCUT2D eigenvalue weighted by Gasteiger charge is 2.27. The van der Waals surface area contributed by atoms with Crippen LogP contribution in [0.15, 0.2) is 77.6 Å². The number of benzene rings is 3. The number of methoxy groups -OCH3 is 1. The van der Waals surface area contributed by atoms with Gasteiger partial charge in [0.05, 0.1) is 11.5 Å². The van der Waals surface area contributed by atoms with E-state index in [1.54, 1.807) is 37.4 Å². The van der Waals surface area contributed by atoms with Gasteiger partial charge in [0, 0.05) is 30.8 Å². The third kappa shape index (κ3) is 7.19. The number of nitrogens with zero attached hydrogens (tertiary/aromatic N) is 1. The Bertz CT molecular complexity index is 1380. The Kier molecular flexibility index (Phi) is 9.48. The van der Waals surface area contributed by atoms with Crippen molar-refractivity contribution in [1.82, 2.24) is 9.27 Å². The second-order valence-corrected chi connectivity index (χ2v) is 10.0. The standard InChI is InChI=1S/C25H19NO4S.C5H13NO/c27-15-16-4-8-18(9-5-16)29-22-3-1-2-20-21(22)12-13-23(20)30-19-10-6-17(7-11-19)24-14-25(28)26-31-24;1-6(2)4-5-7-3/h1-11,14-15,23H,12-13H2,(H,26,28);4-5H2,1-3H3. The van der Waals surface area contributed by atoms with Gasteiger partial charge < -0.3 is 19.1 Å². The van der Waals surface area contributed by atoms with E-state index in [-0.39, 0.29) is 11.7 Å². The van der Waals surface area contributed by atoms with E-state index in [1.165, 1.54) is 11.5 Å². The second kappa shape index (κ2) is 13.2. The van der Waals surface area contributed by atoms with Crippen molar-refractivity contribution in [3.05, 3.63) is 99.8 Å². The molecule has 38 heavy (non-hydrogen) atoms. The van der Waals surface area contributed by atoms with E-state index in [1.807, 2.05) is 50.5 Å². The summed E-state index contributed by atoms with van der Waals surface area (Å²) in [6.07, 6.45) is 2.53. The lowest BCUT2D eigenvalue weighted by Gasteiger charge is -2.16. The Balaban J connectivity index is 0.000000426. The van der Waals surface area contributed by atoms with Gasteiger partial charge in [-0.1, -0.05) is 23.7 Å². The molecule has 1 aliphatic carbocycles. The van der Waals surface area contributed by atoms with Crippen molar-refractivity contribution in [3.8, 4) is 27.7 Å². The number of rotatable bonds is 9. The summed E-state index contributed by atoms with van der Waals surface area (Å²) in [6.45, 7) is 1.84. The van der Waals surface area contributed by atoms with E-state index in [0.29, 0.717) is 11.3 Å². The van der Waals surface area contributed by atoms with Gasteiger partial charge in [-0.25, -0.2) is 0 Å². The molecule has 1 heterocycles. The number of aromatic amines is 1. The first-order valence-electron chi connectivity index (χ1n) is 12.4. The zero-order valence-electron chi connectivity index (χ0n) is 21.8. The summed E-state index contributed by atoms with van der Waals surface area (Å²) < 4.78 is 19.9. The Morgan fingerprint density at radius 1 is 1.03 bits per heavy atom. The molecule has 198 valence electrons. The van der Waals surface area contributed by atoms with Gasteiger partial charge in [0.1, 0.15) is 29.6 Å². The maximum Gasteiger partial charge on any atom is 0.258 e. The lowest BCUT2D eigenvalue weighted by atomic mass is 10.1. The summed E-state index contributed by atoms with van der Waals surface area (Å²) in [4.78, 5) is 25.2. The lowest BCUT2D eigenvalue weighted by Crippen LogP contribution is -2.16. The lowest BCUT2D eigenvalue weighted by molar-refractivity contribution is 0.112. The van der Waals surface area contributed by atoms with Crippen LogP contribution >= 0.6 is 11.5 Å². The molecule has 5 rings (SSSR count). The van der Waals surface area contributed by atoms with E-state index in [0.717, 1.165) is 65.3 Å². The molecule has 0 saturated heterocycles. The first-order chi connectivity index (χ1) is 18.5. The minimum Gasteiger partial charge on any atom is -0.486 e. The molecule has 3 aromatic carbocycles. The molecule has 1 atom stereocenters. The average molecular weight is 533 g/mol. The van der Waals surface area contributed by atoms with Crippen LogP contribution in [0.5, 0.6) is 17.2 Å². The molecule has 4 aromatic rings. The number of aromatic nitrogens is 1. The Hall–Kier alpha value is -3.72. The number of carbonyl (C=O) groups excluding carboxylic acids is 1. The third-order valence-corrected chi connectivity index (χ3v) is 6.98. The highest BCUT2D eigenvalue weighted by molar-refractivity contribution is 7.09. The molecular formula is C30H32N2O5S. The monoisotopic (exact) mass is 532 g/mol. The number of H-pyrrole nitrogens is 1. The molecule has 7 nitrogen and oxygen atoms in total. The smallest absolute Gasteiger partial charge is 0.258 e. The Labute approximate surface area is 226 Å². The van der Waals surface area contributed by atoms with Crippen molar-refractivity contribution in [2.45, 2.75) is 18.9 Å². The van der Waals surface area contributed by atoms with Crippen LogP contribution in [0.4, 0.5) is 0 Å². The van der Waals surface area contributed by atoms with Crippen LogP contribution in [0.2, 0.25) is 0 Å². The van der Waals surface area contributed by atoms with Gasteiger partial charge in [-0.3, -0.25) is 14.0 Å². The second-order valence-electron chi connectivity index (χ2n) is 9.16. The molecule has 0 aliphatic heterocycles.